The first-order chi connectivity index (χ1) is 7.96. The van der Waals surface area contributed by atoms with E-state index in [2.05, 4.69) is 19.3 Å². The van der Waals surface area contributed by atoms with Crippen LogP contribution in [0.4, 0.5) is 0 Å². The summed E-state index contributed by atoms with van der Waals surface area (Å²) in [6, 6.07) is 0. The van der Waals surface area contributed by atoms with Gasteiger partial charge in [-0.25, -0.2) is 5.84 Å². The number of hydrazine groups is 1. The van der Waals surface area contributed by atoms with Crippen LogP contribution in [-0.4, -0.2) is 53.0 Å². The number of nitrogens with zero attached hydrogens (tertiary/aromatic N) is 1. The molecular formula is C10H19N4O2S+. The molecule has 6 nitrogen and oxygen atoms in total. The highest BCUT2D eigenvalue weighted by Gasteiger charge is 2.51. The van der Waals surface area contributed by atoms with Crippen LogP contribution in [0.1, 0.15) is 13.8 Å². The molecule has 0 aromatic rings. The molecule has 2 aliphatic heterocycles. The topological polar surface area (TPSA) is 79.9 Å². The maximum Gasteiger partial charge on any atom is 0.289 e. The lowest BCUT2D eigenvalue weighted by molar-refractivity contribution is -0.947. The maximum atomic E-state index is 11.7. The predicted molar refractivity (Wildman–Crippen MR) is 65.1 cm³/mol. The highest BCUT2D eigenvalue weighted by atomic mass is 32.2. The van der Waals surface area contributed by atoms with E-state index in [1.807, 2.05) is 4.90 Å². The Labute approximate surface area is 105 Å². The first-order valence-corrected chi connectivity index (χ1v) is 6.77. The summed E-state index contributed by atoms with van der Waals surface area (Å²) in [6.07, 6.45) is 0. The summed E-state index contributed by atoms with van der Waals surface area (Å²) in [4.78, 5) is 26.2. The van der Waals surface area contributed by atoms with Crippen LogP contribution in [0.5, 0.6) is 0 Å². The second-order valence-corrected chi connectivity index (χ2v) is 6.14. The lowest BCUT2D eigenvalue weighted by atomic mass is 9.98. The monoisotopic (exact) mass is 259 g/mol. The predicted octanol–water partition coefficient (Wildman–Crippen LogP) is -2.45. The second kappa shape index (κ2) is 4.47. The lowest BCUT2D eigenvalue weighted by Crippen LogP contribution is -3.23. The number of nitrogens with two attached hydrogens (primary N) is 1. The molecule has 0 bridgehead atoms. The van der Waals surface area contributed by atoms with Crippen molar-refractivity contribution < 1.29 is 14.5 Å². The fourth-order valence-electron chi connectivity index (χ4n) is 2.61. The third kappa shape index (κ3) is 2.14. The molecule has 7 heteroatoms. The first-order valence-electron chi connectivity index (χ1n) is 5.72. The largest absolute Gasteiger partial charge is 0.319 e. The van der Waals surface area contributed by atoms with Gasteiger partial charge in [-0.1, -0.05) is 0 Å². The molecule has 0 aromatic carbocycles. The molecule has 2 saturated heterocycles. The molecule has 0 saturated carbocycles. The number of hydrogen-bond acceptors (Lipinski definition) is 4. The number of quaternary nitrogens is 1. The molecule has 2 amide bonds. The second-order valence-electron chi connectivity index (χ2n) is 5.07. The minimum absolute atomic E-state index is 0.123. The molecule has 0 aliphatic carbocycles. The summed E-state index contributed by atoms with van der Waals surface area (Å²) in [5, 5.41) is 0.171. The van der Waals surface area contributed by atoms with E-state index in [-0.39, 0.29) is 22.7 Å². The van der Waals surface area contributed by atoms with Gasteiger partial charge in [-0.2, -0.15) is 0 Å². The van der Waals surface area contributed by atoms with Crippen LogP contribution in [0.15, 0.2) is 0 Å². The summed E-state index contributed by atoms with van der Waals surface area (Å²) in [7, 11) is 0. The van der Waals surface area contributed by atoms with Crippen molar-refractivity contribution in [1.29, 1.82) is 0 Å². The van der Waals surface area contributed by atoms with Gasteiger partial charge in [0.2, 0.25) is 5.91 Å². The molecule has 0 aromatic heterocycles. The van der Waals surface area contributed by atoms with Crippen LogP contribution in [0.25, 0.3) is 0 Å². The van der Waals surface area contributed by atoms with E-state index >= 15 is 0 Å². The van der Waals surface area contributed by atoms with Gasteiger partial charge in [0.25, 0.3) is 5.91 Å². The van der Waals surface area contributed by atoms with Crippen molar-refractivity contribution in [3.8, 4) is 0 Å². The highest BCUT2D eigenvalue weighted by molar-refractivity contribution is 8.01. The number of carbonyl (C=O) groups excluding carboxylic acids is 2. The Bertz CT molecular complexity index is 347. The number of hydrogen-bond donors (Lipinski definition) is 3. The number of nitrogens with one attached hydrogen (secondary N) is 2. The van der Waals surface area contributed by atoms with Crippen molar-refractivity contribution in [2.45, 2.75) is 24.8 Å². The van der Waals surface area contributed by atoms with Gasteiger partial charge in [-0.15, -0.1) is 11.8 Å². The number of fused-ring (bicyclic) bond motifs is 1. The molecule has 2 aliphatic rings. The Morgan fingerprint density at radius 3 is 3.06 bits per heavy atom. The quantitative estimate of drug-likeness (QED) is 0.292. The zero-order valence-corrected chi connectivity index (χ0v) is 11.0. The van der Waals surface area contributed by atoms with E-state index in [9.17, 15) is 9.59 Å². The van der Waals surface area contributed by atoms with Gasteiger partial charge in [0.05, 0.1) is 18.8 Å². The normalized spacial score (nSPS) is 31.2. The molecule has 0 radical (unpaired) electrons. The van der Waals surface area contributed by atoms with Gasteiger partial charge in [0.15, 0.2) is 6.54 Å². The maximum absolute atomic E-state index is 11.7. The van der Waals surface area contributed by atoms with Crippen molar-refractivity contribution >= 4 is 23.6 Å². The van der Waals surface area contributed by atoms with E-state index in [1.165, 1.54) is 4.90 Å². The van der Waals surface area contributed by atoms with Gasteiger partial charge in [0, 0.05) is 0 Å². The van der Waals surface area contributed by atoms with Gasteiger partial charge in [-0.05, 0) is 13.8 Å². The van der Waals surface area contributed by atoms with Crippen LogP contribution < -0.4 is 16.2 Å². The van der Waals surface area contributed by atoms with E-state index in [0.717, 1.165) is 13.1 Å². The fourth-order valence-corrected chi connectivity index (χ4v) is 4.06. The van der Waals surface area contributed by atoms with Gasteiger partial charge in [-0.3, -0.25) is 15.0 Å². The van der Waals surface area contributed by atoms with Gasteiger partial charge >= 0.3 is 0 Å². The molecule has 2 atom stereocenters. The van der Waals surface area contributed by atoms with Crippen LogP contribution in [0, 0.1) is 0 Å². The standard InChI is InChI=1S/C10H18N4O2S/c1-10(2)9-14(8(16)6-17-9)4-3-13(10)5-7(15)12-11/h9H,3-6,11H2,1-2H3,(H,12,15)/p+1/t9-/m1/s1. The molecule has 2 rings (SSSR count). The van der Waals surface area contributed by atoms with Crippen molar-refractivity contribution in [2.24, 2.45) is 5.84 Å². The van der Waals surface area contributed by atoms with E-state index in [1.54, 1.807) is 11.8 Å². The SMILES string of the molecule is CC1(C)[C@H]2SCC(=O)N2CC[NH+]1CC(=O)NN. The third-order valence-electron chi connectivity index (χ3n) is 3.69. The average molecular weight is 259 g/mol. The number of piperazine rings is 1. The molecule has 1 unspecified atom stereocenters. The molecule has 0 spiro atoms. The smallest absolute Gasteiger partial charge is 0.289 e. The summed E-state index contributed by atoms with van der Waals surface area (Å²) < 4.78 is 0. The van der Waals surface area contributed by atoms with Gasteiger partial charge in [0.1, 0.15) is 10.9 Å². The average Bonchev–Trinajstić information content (AvgIpc) is 2.65. The van der Waals surface area contributed by atoms with Crippen molar-refractivity contribution in [1.82, 2.24) is 10.3 Å². The number of amides is 2. The highest BCUT2D eigenvalue weighted by Crippen LogP contribution is 2.32. The van der Waals surface area contributed by atoms with Crippen molar-refractivity contribution in [3.63, 3.8) is 0 Å². The summed E-state index contributed by atoms with van der Waals surface area (Å²) in [5.41, 5.74) is 2.05. The fraction of sp³-hybridized carbons (Fsp3) is 0.800. The molecule has 2 heterocycles. The third-order valence-corrected chi connectivity index (χ3v) is 5.26. The Balaban J connectivity index is 2.12. The lowest BCUT2D eigenvalue weighted by Gasteiger charge is -2.46. The van der Waals surface area contributed by atoms with Crippen LogP contribution >= 0.6 is 11.8 Å². The van der Waals surface area contributed by atoms with E-state index in [4.69, 9.17) is 5.84 Å². The summed E-state index contributed by atoms with van der Waals surface area (Å²) in [6.45, 7) is 6.10. The molecule has 17 heavy (non-hydrogen) atoms. The van der Waals surface area contributed by atoms with E-state index < -0.39 is 0 Å². The Hall–Kier alpha value is -0.790. The van der Waals surface area contributed by atoms with Crippen molar-refractivity contribution in [3.05, 3.63) is 0 Å². The summed E-state index contributed by atoms with van der Waals surface area (Å²) in [5.74, 6) is 5.75. The minimum Gasteiger partial charge on any atom is -0.319 e. The minimum atomic E-state index is -0.157. The van der Waals surface area contributed by atoms with E-state index in [0.29, 0.717) is 12.3 Å². The van der Waals surface area contributed by atoms with Crippen LogP contribution in [-0.2, 0) is 9.59 Å². The Kier molecular flexibility index (Phi) is 3.33. The Morgan fingerprint density at radius 1 is 1.71 bits per heavy atom. The van der Waals surface area contributed by atoms with Gasteiger partial charge < -0.3 is 9.80 Å². The van der Waals surface area contributed by atoms with Crippen LogP contribution in [0.2, 0.25) is 0 Å². The molecular weight excluding hydrogens is 240 g/mol. The Morgan fingerprint density at radius 2 is 2.41 bits per heavy atom. The van der Waals surface area contributed by atoms with Crippen molar-refractivity contribution in [2.75, 3.05) is 25.4 Å². The molecule has 96 valence electrons. The zero-order valence-electron chi connectivity index (χ0n) is 10.2. The number of carbonyl (C=O) groups is 2. The number of thioether (sulfide) groups is 1. The summed E-state index contributed by atoms with van der Waals surface area (Å²) >= 11 is 1.67. The molecule has 2 fully saturated rings. The molecule has 4 N–H and O–H groups in total. The number of rotatable bonds is 2. The zero-order chi connectivity index (χ0) is 12.6. The van der Waals surface area contributed by atoms with Crippen LogP contribution in [0.3, 0.4) is 0 Å². The first kappa shape index (κ1) is 12.7.